The number of hydrogen-bond donors (Lipinski definition) is 0. The Balaban J connectivity index is 2.09. The largest absolute Gasteiger partial charge is 0.372 e. The molecule has 2 aromatic rings. The smallest absolute Gasteiger partial charge is 0.132 e. The zero-order valence-electron chi connectivity index (χ0n) is 13.7. The van der Waals surface area contributed by atoms with E-state index in [4.69, 9.17) is 10.5 Å². The normalized spacial score (nSPS) is 10.2. The van der Waals surface area contributed by atoms with Crippen molar-refractivity contribution in [1.29, 1.82) is 10.5 Å². The Kier molecular flexibility index (Phi) is 6.31. The average molecular weight is 334 g/mol. The van der Waals surface area contributed by atoms with Crippen molar-refractivity contribution in [3.63, 3.8) is 0 Å². The first-order valence-corrected chi connectivity index (χ1v) is 8.52. The number of anilines is 1. The monoisotopic (exact) mass is 334 g/mol. The maximum absolute atomic E-state index is 8.76. The van der Waals surface area contributed by atoms with Crippen LogP contribution in [0.3, 0.4) is 0 Å². The summed E-state index contributed by atoms with van der Waals surface area (Å²) in [6.07, 6.45) is 7.26. The lowest BCUT2D eigenvalue weighted by Crippen LogP contribution is -2.21. The summed E-state index contributed by atoms with van der Waals surface area (Å²) in [4.78, 5) is 7.48. The minimum atomic E-state index is 0.0619. The van der Waals surface area contributed by atoms with Gasteiger partial charge in [-0.2, -0.15) is 10.5 Å². The van der Waals surface area contributed by atoms with Crippen LogP contribution < -0.4 is 4.90 Å². The van der Waals surface area contributed by atoms with Crippen LogP contribution in [0.1, 0.15) is 29.3 Å². The molecule has 1 aromatic heterocycles. The number of allylic oxidation sites excluding steroid dienone is 1. The molecule has 120 valence electrons. The Hall–Kier alpha value is -2.89. The maximum atomic E-state index is 8.76. The Morgan fingerprint density at radius 2 is 1.79 bits per heavy atom. The highest BCUT2D eigenvalue weighted by Crippen LogP contribution is 2.20. The van der Waals surface area contributed by atoms with Gasteiger partial charge in [-0.3, -0.25) is 0 Å². The number of thiazole rings is 1. The van der Waals surface area contributed by atoms with Crippen molar-refractivity contribution >= 4 is 35.3 Å². The molecule has 0 saturated carbocycles. The second-order valence-corrected chi connectivity index (χ2v) is 6.07. The van der Waals surface area contributed by atoms with Gasteiger partial charge in [0.2, 0.25) is 0 Å². The third kappa shape index (κ3) is 4.55. The molecule has 0 saturated heterocycles. The van der Waals surface area contributed by atoms with E-state index >= 15 is 0 Å². The molecule has 1 heterocycles. The number of hydrogen-bond acceptors (Lipinski definition) is 5. The first-order valence-electron chi connectivity index (χ1n) is 7.71. The summed E-state index contributed by atoms with van der Waals surface area (Å²) in [5.41, 5.74) is 2.40. The summed E-state index contributed by atoms with van der Waals surface area (Å²) in [6.45, 7) is 6.29. The molecule has 2 rings (SSSR count). The van der Waals surface area contributed by atoms with Crippen LogP contribution >= 0.6 is 11.3 Å². The van der Waals surface area contributed by atoms with Crippen LogP contribution in [0, 0.1) is 22.7 Å². The van der Waals surface area contributed by atoms with E-state index in [0.717, 1.165) is 23.5 Å². The lowest BCUT2D eigenvalue weighted by molar-refractivity contribution is 0.866. The van der Waals surface area contributed by atoms with Gasteiger partial charge >= 0.3 is 0 Å². The van der Waals surface area contributed by atoms with E-state index in [1.807, 2.05) is 24.3 Å². The molecule has 0 fully saturated rings. The summed E-state index contributed by atoms with van der Waals surface area (Å²) in [5.74, 6) is 0. The fourth-order valence-electron chi connectivity index (χ4n) is 2.22. The van der Waals surface area contributed by atoms with E-state index in [0.29, 0.717) is 5.01 Å². The Labute approximate surface area is 146 Å². The molecule has 0 spiro atoms. The fourth-order valence-corrected chi connectivity index (χ4v) is 2.99. The second kappa shape index (κ2) is 8.67. The van der Waals surface area contributed by atoms with Gasteiger partial charge in [0, 0.05) is 35.9 Å². The van der Waals surface area contributed by atoms with Crippen LogP contribution in [0.5, 0.6) is 0 Å². The van der Waals surface area contributed by atoms with Gasteiger partial charge in [-0.1, -0.05) is 18.2 Å². The zero-order valence-corrected chi connectivity index (χ0v) is 14.5. The molecule has 24 heavy (non-hydrogen) atoms. The van der Waals surface area contributed by atoms with Crippen LogP contribution in [0.4, 0.5) is 5.69 Å². The van der Waals surface area contributed by atoms with E-state index in [-0.39, 0.29) is 5.57 Å². The van der Waals surface area contributed by atoms with Crippen molar-refractivity contribution in [3.8, 4) is 12.1 Å². The van der Waals surface area contributed by atoms with Gasteiger partial charge < -0.3 is 4.90 Å². The van der Waals surface area contributed by atoms with E-state index in [9.17, 15) is 0 Å². The molecule has 0 atom stereocenters. The SMILES string of the molecule is CCN(CC)c1ccc(/C=C/c2cnc(C=C(C#N)C#N)s2)cc1. The van der Waals surface area contributed by atoms with Crippen LogP contribution in [0.2, 0.25) is 0 Å². The number of nitriles is 2. The van der Waals surface area contributed by atoms with Crippen molar-refractivity contribution in [2.24, 2.45) is 0 Å². The quantitative estimate of drug-likeness (QED) is 0.725. The van der Waals surface area contributed by atoms with E-state index in [1.54, 1.807) is 6.20 Å². The third-order valence-corrected chi connectivity index (χ3v) is 4.42. The van der Waals surface area contributed by atoms with Crippen LogP contribution in [-0.2, 0) is 0 Å². The minimum absolute atomic E-state index is 0.0619. The standard InChI is InChI=1S/C19H18N4S/c1-3-23(4-2)17-8-5-15(6-9-17)7-10-18-14-22-19(24-18)11-16(12-20)13-21/h5-11,14H,3-4H2,1-2H3/b10-7+. The summed E-state index contributed by atoms with van der Waals surface area (Å²) in [5, 5.41) is 18.2. The molecular formula is C19H18N4S. The number of rotatable bonds is 6. The van der Waals surface area contributed by atoms with Gasteiger partial charge in [0.25, 0.3) is 0 Å². The highest BCUT2D eigenvalue weighted by atomic mass is 32.1. The highest BCUT2D eigenvalue weighted by molar-refractivity contribution is 7.13. The molecule has 0 unspecified atom stereocenters. The predicted octanol–water partition coefficient (Wildman–Crippen LogP) is 4.59. The fraction of sp³-hybridized carbons (Fsp3) is 0.211. The lowest BCUT2D eigenvalue weighted by Gasteiger charge is -2.20. The first-order chi connectivity index (χ1) is 11.7. The van der Waals surface area contributed by atoms with Crippen molar-refractivity contribution < 1.29 is 0 Å². The Morgan fingerprint density at radius 1 is 1.12 bits per heavy atom. The summed E-state index contributed by atoms with van der Waals surface area (Å²) >= 11 is 1.44. The number of aromatic nitrogens is 1. The van der Waals surface area contributed by atoms with Gasteiger partial charge in [-0.15, -0.1) is 11.3 Å². The predicted molar refractivity (Wildman–Crippen MR) is 100 cm³/mol. The molecule has 1 aromatic carbocycles. The Morgan fingerprint density at radius 3 is 2.38 bits per heavy atom. The van der Waals surface area contributed by atoms with Crippen molar-refractivity contribution in [3.05, 3.63) is 51.5 Å². The first kappa shape index (κ1) is 17.5. The van der Waals surface area contributed by atoms with Gasteiger partial charge in [0.1, 0.15) is 22.7 Å². The van der Waals surface area contributed by atoms with Crippen LogP contribution in [0.25, 0.3) is 18.2 Å². The summed E-state index contributed by atoms with van der Waals surface area (Å²) < 4.78 is 0. The molecule has 5 heteroatoms. The molecular weight excluding hydrogens is 316 g/mol. The summed E-state index contributed by atoms with van der Waals surface area (Å²) in [7, 11) is 0. The van der Waals surface area contributed by atoms with Crippen molar-refractivity contribution in [1.82, 2.24) is 4.98 Å². The minimum Gasteiger partial charge on any atom is -0.372 e. The summed E-state index contributed by atoms with van der Waals surface area (Å²) in [6, 6.07) is 12.1. The van der Waals surface area contributed by atoms with Gasteiger partial charge in [0.05, 0.1) is 0 Å². The molecule has 0 bridgehead atoms. The number of benzene rings is 1. The molecule has 0 radical (unpaired) electrons. The topological polar surface area (TPSA) is 63.7 Å². The van der Waals surface area contributed by atoms with Gasteiger partial charge in [-0.05, 0) is 37.6 Å². The maximum Gasteiger partial charge on any atom is 0.132 e. The van der Waals surface area contributed by atoms with E-state index in [2.05, 4.69) is 48.0 Å². The molecule has 0 aliphatic rings. The van der Waals surface area contributed by atoms with E-state index < -0.39 is 0 Å². The van der Waals surface area contributed by atoms with Gasteiger partial charge in [-0.25, -0.2) is 4.98 Å². The molecule has 0 N–H and O–H groups in total. The Bertz CT molecular complexity index is 796. The van der Waals surface area contributed by atoms with Crippen molar-refractivity contribution in [2.75, 3.05) is 18.0 Å². The van der Waals surface area contributed by atoms with Gasteiger partial charge in [0.15, 0.2) is 0 Å². The van der Waals surface area contributed by atoms with Crippen LogP contribution in [-0.4, -0.2) is 18.1 Å². The zero-order chi connectivity index (χ0) is 17.4. The van der Waals surface area contributed by atoms with Crippen LogP contribution in [0.15, 0.2) is 36.0 Å². The third-order valence-electron chi connectivity index (χ3n) is 3.51. The molecule has 0 amide bonds. The highest BCUT2D eigenvalue weighted by Gasteiger charge is 2.01. The second-order valence-electron chi connectivity index (χ2n) is 4.98. The molecule has 0 aliphatic carbocycles. The average Bonchev–Trinajstić information content (AvgIpc) is 3.07. The molecule has 4 nitrogen and oxygen atoms in total. The van der Waals surface area contributed by atoms with E-state index in [1.165, 1.54) is 23.1 Å². The van der Waals surface area contributed by atoms with Crippen molar-refractivity contribution in [2.45, 2.75) is 13.8 Å². The lowest BCUT2D eigenvalue weighted by atomic mass is 10.2. The molecule has 0 aliphatic heterocycles. The number of nitrogens with zero attached hydrogens (tertiary/aromatic N) is 4.